The number of nitrogens with one attached hydrogen (secondary N) is 2. The topological polar surface area (TPSA) is 111 Å². The molecule has 0 bridgehead atoms. The van der Waals surface area contributed by atoms with Crippen LogP contribution in [-0.4, -0.2) is 44.0 Å². The summed E-state index contributed by atoms with van der Waals surface area (Å²) in [5.41, 5.74) is 0.126. The molecule has 5 rings (SSSR count). The first-order valence-corrected chi connectivity index (χ1v) is 11.7. The Balaban J connectivity index is 1.22. The summed E-state index contributed by atoms with van der Waals surface area (Å²) >= 11 is 0. The standard InChI is InChI=1S/C25H23F4N7O2/c1-30-23-16(13-36(2)34-23)8-20-31-11-17(12-32-20)14-3-4-15(18(26)7-14)9-22(37)33-21-10-19(38-35-21)24(5-6-24)25(27,28)29/h3-4,7,10-13H,5-6,8-9H2,1-2H3,(H,30,34)(H,33,35,37). The number of carbonyl (C=O) groups excluding carboxylic acids is 1. The molecule has 0 saturated heterocycles. The van der Waals surface area contributed by atoms with Crippen molar-refractivity contribution in [2.45, 2.75) is 37.3 Å². The van der Waals surface area contributed by atoms with Crippen molar-refractivity contribution in [3.63, 3.8) is 0 Å². The lowest BCUT2D eigenvalue weighted by molar-refractivity contribution is -0.165. The molecule has 1 aliphatic rings. The number of amides is 1. The summed E-state index contributed by atoms with van der Waals surface area (Å²) in [7, 11) is 3.60. The highest BCUT2D eigenvalue weighted by Gasteiger charge is 2.66. The minimum atomic E-state index is -4.46. The average Bonchev–Trinajstić information content (AvgIpc) is 3.45. The SMILES string of the molecule is CNc1nn(C)cc1Cc1ncc(-c2ccc(CC(=O)Nc3cc(C4(C(F)(F)F)CC4)on3)c(F)c2)cn1. The van der Waals surface area contributed by atoms with Crippen molar-refractivity contribution in [2.24, 2.45) is 7.05 Å². The molecule has 0 atom stereocenters. The maximum atomic E-state index is 14.8. The number of alkyl halides is 3. The van der Waals surface area contributed by atoms with Gasteiger partial charge in [0.1, 0.15) is 17.1 Å². The lowest BCUT2D eigenvalue weighted by Gasteiger charge is -2.14. The monoisotopic (exact) mass is 529 g/mol. The Hall–Kier alpha value is -4.29. The van der Waals surface area contributed by atoms with Crippen molar-refractivity contribution in [3.8, 4) is 11.1 Å². The Bertz CT molecular complexity index is 1470. The Labute approximate surface area is 214 Å². The summed E-state index contributed by atoms with van der Waals surface area (Å²) in [5.74, 6) is -0.442. The first-order valence-electron chi connectivity index (χ1n) is 11.7. The van der Waals surface area contributed by atoms with Crippen LogP contribution < -0.4 is 10.6 Å². The largest absolute Gasteiger partial charge is 0.401 e. The van der Waals surface area contributed by atoms with Crippen molar-refractivity contribution in [1.29, 1.82) is 0 Å². The molecule has 1 amide bonds. The molecule has 198 valence electrons. The van der Waals surface area contributed by atoms with Crippen LogP contribution >= 0.6 is 0 Å². The fraction of sp³-hybridized carbons (Fsp3) is 0.320. The average molecular weight is 529 g/mol. The van der Waals surface area contributed by atoms with Crippen molar-refractivity contribution < 1.29 is 26.9 Å². The Morgan fingerprint density at radius 1 is 1.13 bits per heavy atom. The molecule has 0 unspecified atom stereocenters. The molecule has 4 aromatic rings. The minimum absolute atomic E-state index is 0.0911. The van der Waals surface area contributed by atoms with Crippen molar-refractivity contribution in [2.75, 3.05) is 17.7 Å². The van der Waals surface area contributed by atoms with E-state index >= 15 is 0 Å². The third-order valence-electron chi connectivity index (χ3n) is 6.47. The Kier molecular flexibility index (Phi) is 6.37. The van der Waals surface area contributed by atoms with Crippen LogP contribution in [0.15, 0.2) is 47.4 Å². The van der Waals surface area contributed by atoms with Gasteiger partial charge in [0, 0.05) is 56.3 Å². The van der Waals surface area contributed by atoms with Crippen LogP contribution in [0, 0.1) is 5.82 Å². The molecule has 1 saturated carbocycles. The molecule has 0 spiro atoms. The van der Waals surface area contributed by atoms with E-state index in [0.717, 1.165) is 17.4 Å². The fourth-order valence-corrected chi connectivity index (χ4v) is 4.23. The second kappa shape index (κ2) is 9.54. The second-order valence-corrected chi connectivity index (χ2v) is 9.18. The lowest BCUT2D eigenvalue weighted by Crippen LogP contribution is -2.28. The fourth-order valence-electron chi connectivity index (χ4n) is 4.23. The summed E-state index contributed by atoms with van der Waals surface area (Å²) in [6.07, 6.45) is 0.548. The minimum Gasteiger partial charge on any atom is -0.371 e. The smallest absolute Gasteiger partial charge is 0.371 e. The van der Waals surface area contributed by atoms with Crippen LogP contribution in [0.4, 0.5) is 29.2 Å². The molecule has 9 nitrogen and oxygen atoms in total. The summed E-state index contributed by atoms with van der Waals surface area (Å²) in [5, 5.41) is 13.2. The van der Waals surface area contributed by atoms with Crippen LogP contribution in [0.2, 0.25) is 0 Å². The number of rotatable bonds is 8. The molecule has 1 fully saturated rings. The van der Waals surface area contributed by atoms with Crippen molar-refractivity contribution in [1.82, 2.24) is 24.9 Å². The van der Waals surface area contributed by atoms with Crippen LogP contribution in [0.5, 0.6) is 0 Å². The van der Waals surface area contributed by atoms with Crippen molar-refractivity contribution in [3.05, 3.63) is 71.4 Å². The van der Waals surface area contributed by atoms with Gasteiger partial charge in [-0.15, -0.1) is 0 Å². The Morgan fingerprint density at radius 2 is 1.87 bits per heavy atom. The van der Waals surface area contributed by atoms with Crippen LogP contribution in [0.3, 0.4) is 0 Å². The summed E-state index contributed by atoms with van der Waals surface area (Å²) in [4.78, 5) is 21.1. The molecule has 38 heavy (non-hydrogen) atoms. The van der Waals surface area contributed by atoms with Gasteiger partial charge < -0.3 is 15.2 Å². The highest BCUT2D eigenvalue weighted by Crippen LogP contribution is 2.59. The van der Waals surface area contributed by atoms with E-state index in [1.54, 1.807) is 30.2 Å². The van der Waals surface area contributed by atoms with E-state index in [1.807, 2.05) is 13.2 Å². The zero-order valence-electron chi connectivity index (χ0n) is 20.4. The third kappa shape index (κ3) is 4.95. The van der Waals surface area contributed by atoms with Gasteiger partial charge in [-0.2, -0.15) is 18.3 Å². The van der Waals surface area contributed by atoms with Gasteiger partial charge in [0.15, 0.2) is 17.4 Å². The highest BCUT2D eigenvalue weighted by atomic mass is 19.4. The van der Waals surface area contributed by atoms with E-state index in [4.69, 9.17) is 4.52 Å². The number of benzene rings is 1. The molecule has 1 aliphatic carbocycles. The maximum absolute atomic E-state index is 14.8. The predicted octanol–water partition coefficient (Wildman–Crippen LogP) is 4.41. The number of aromatic nitrogens is 5. The first kappa shape index (κ1) is 25.4. The molecular weight excluding hydrogens is 506 g/mol. The van der Waals surface area contributed by atoms with E-state index in [9.17, 15) is 22.4 Å². The highest BCUT2D eigenvalue weighted by molar-refractivity contribution is 5.91. The number of hydrogen-bond donors (Lipinski definition) is 2. The van der Waals surface area contributed by atoms with E-state index in [0.29, 0.717) is 23.4 Å². The van der Waals surface area contributed by atoms with Gasteiger partial charge in [0.05, 0.1) is 6.42 Å². The number of halogens is 4. The van der Waals surface area contributed by atoms with Crippen LogP contribution in [0.1, 0.15) is 35.6 Å². The van der Waals surface area contributed by atoms with E-state index < -0.39 is 23.3 Å². The molecule has 0 radical (unpaired) electrons. The number of hydrogen-bond acceptors (Lipinski definition) is 7. The Morgan fingerprint density at radius 3 is 2.50 bits per heavy atom. The first-order chi connectivity index (χ1) is 18.1. The van der Waals surface area contributed by atoms with Gasteiger partial charge in [0.2, 0.25) is 5.91 Å². The molecular formula is C25H23F4N7O2. The number of aryl methyl sites for hydroxylation is 1. The van der Waals surface area contributed by atoms with E-state index in [2.05, 4.69) is 30.9 Å². The van der Waals surface area contributed by atoms with Gasteiger partial charge in [-0.1, -0.05) is 17.3 Å². The number of nitrogens with zero attached hydrogens (tertiary/aromatic N) is 5. The summed E-state index contributed by atoms with van der Waals surface area (Å²) in [6, 6.07) is 5.44. The molecule has 2 N–H and O–H groups in total. The normalized spacial score (nSPS) is 14.4. The number of anilines is 2. The molecule has 3 aromatic heterocycles. The van der Waals surface area contributed by atoms with Crippen LogP contribution in [0.25, 0.3) is 11.1 Å². The van der Waals surface area contributed by atoms with Gasteiger partial charge in [-0.05, 0) is 30.0 Å². The maximum Gasteiger partial charge on any atom is 0.401 e. The molecule has 1 aromatic carbocycles. The second-order valence-electron chi connectivity index (χ2n) is 9.18. The quantitative estimate of drug-likeness (QED) is 0.325. The number of carbonyl (C=O) groups is 1. The van der Waals surface area contributed by atoms with E-state index in [-0.39, 0.29) is 36.4 Å². The van der Waals surface area contributed by atoms with Crippen molar-refractivity contribution >= 4 is 17.5 Å². The zero-order chi connectivity index (χ0) is 27.1. The van der Waals surface area contributed by atoms with Gasteiger partial charge in [-0.3, -0.25) is 9.48 Å². The van der Waals surface area contributed by atoms with Crippen LogP contribution in [-0.2, 0) is 30.1 Å². The molecule has 3 heterocycles. The van der Waals surface area contributed by atoms with Gasteiger partial charge in [0.25, 0.3) is 0 Å². The van der Waals surface area contributed by atoms with Gasteiger partial charge >= 0.3 is 6.18 Å². The van der Waals surface area contributed by atoms with E-state index in [1.165, 1.54) is 12.1 Å². The molecule has 0 aliphatic heterocycles. The third-order valence-corrected chi connectivity index (χ3v) is 6.47. The predicted molar refractivity (Wildman–Crippen MR) is 129 cm³/mol. The zero-order valence-corrected chi connectivity index (χ0v) is 20.4. The lowest BCUT2D eigenvalue weighted by atomic mass is 10.0. The van der Waals surface area contributed by atoms with Gasteiger partial charge in [-0.25, -0.2) is 14.4 Å². The summed E-state index contributed by atoms with van der Waals surface area (Å²) < 4.78 is 61.1. The molecule has 13 heteroatoms. The summed E-state index contributed by atoms with van der Waals surface area (Å²) in [6.45, 7) is 0.